The number of rotatable bonds is 1. The van der Waals surface area contributed by atoms with E-state index in [-0.39, 0.29) is 0 Å². The number of hydrogen-bond acceptors (Lipinski definition) is 3. The van der Waals surface area contributed by atoms with Gasteiger partial charge in [-0.15, -0.1) is 0 Å². The number of carboxylic acid groups (broad SMARTS) is 1. The van der Waals surface area contributed by atoms with Crippen LogP contribution in [0.15, 0.2) is 0 Å². The molecule has 1 saturated carbocycles. The number of aliphatic carboxylic acids is 1. The molecule has 0 saturated heterocycles. The van der Waals surface area contributed by atoms with Gasteiger partial charge in [-0.25, -0.2) is 0 Å². The average Bonchev–Trinajstić information content (AvgIpc) is 1.94. The third-order valence-electron chi connectivity index (χ3n) is 2.14. The summed E-state index contributed by atoms with van der Waals surface area (Å²) in [4.78, 5) is 10.4. The summed E-state index contributed by atoms with van der Waals surface area (Å²) in [5.41, 5.74) is 0. The van der Waals surface area contributed by atoms with Crippen LogP contribution in [-0.4, -0.2) is 33.5 Å². The summed E-state index contributed by atoms with van der Waals surface area (Å²) in [6.07, 6.45) is -0.292. The summed E-state index contributed by atoms with van der Waals surface area (Å²) in [5, 5.41) is 26.8. The van der Waals surface area contributed by atoms with Gasteiger partial charge in [0.15, 0.2) is 0 Å². The molecule has 0 amide bonds. The van der Waals surface area contributed by atoms with Crippen LogP contribution in [0.4, 0.5) is 0 Å². The molecule has 0 aliphatic heterocycles. The van der Waals surface area contributed by atoms with Crippen molar-refractivity contribution in [3.8, 4) is 0 Å². The smallest absolute Gasteiger partial charge is 0.309 e. The zero-order chi connectivity index (χ0) is 8.43. The largest absolute Gasteiger partial charge is 0.481 e. The fourth-order valence-corrected chi connectivity index (χ4v) is 1.43. The third-order valence-corrected chi connectivity index (χ3v) is 2.14. The highest BCUT2D eigenvalue weighted by atomic mass is 16.4. The van der Waals surface area contributed by atoms with E-state index in [1.54, 1.807) is 0 Å². The van der Waals surface area contributed by atoms with Crippen LogP contribution in [-0.2, 0) is 4.79 Å². The van der Waals surface area contributed by atoms with Gasteiger partial charge in [-0.3, -0.25) is 4.79 Å². The highest BCUT2D eigenvalue weighted by Gasteiger charge is 2.34. The van der Waals surface area contributed by atoms with E-state index < -0.39 is 24.1 Å². The van der Waals surface area contributed by atoms with Crippen LogP contribution >= 0.6 is 0 Å². The first-order chi connectivity index (χ1) is 5.13. The fourth-order valence-electron chi connectivity index (χ4n) is 1.43. The van der Waals surface area contributed by atoms with Gasteiger partial charge in [0, 0.05) is 0 Å². The Morgan fingerprint density at radius 2 is 1.91 bits per heavy atom. The van der Waals surface area contributed by atoms with Crippen LogP contribution < -0.4 is 0 Å². The maximum Gasteiger partial charge on any atom is 0.309 e. The van der Waals surface area contributed by atoms with Gasteiger partial charge in [0.05, 0.1) is 18.1 Å². The number of carbonyl (C=O) groups is 1. The van der Waals surface area contributed by atoms with Crippen molar-refractivity contribution in [1.29, 1.82) is 0 Å². The van der Waals surface area contributed by atoms with Crippen LogP contribution in [0.1, 0.15) is 19.3 Å². The normalized spacial score (nSPS) is 38.5. The monoisotopic (exact) mass is 160 g/mol. The van der Waals surface area contributed by atoms with Crippen LogP contribution in [0.2, 0.25) is 0 Å². The summed E-state index contributed by atoms with van der Waals surface area (Å²) >= 11 is 0. The Balaban J connectivity index is 2.58. The molecule has 0 aromatic heterocycles. The first-order valence-electron chi connectivity index (χ1n) is 3.72. The van der Waals surface area contributed by atoms with Crippen molar-refractivity contribution in [2.24, 2.45) is 5.92 Å². The van der Waals surface area contributed by atoms with Gasteiger partial charge in [0.2, 0.25) is 0 Å². The SMILES string of the molecule is O=C(O)C1CCCC(O)C1O. The summed E-state index contributed by atoms with van der Waals surface area (Å²) in [6.45, 7) is 0. The first-order valence-corrected chi connectivity index (χ1v) is 3.72. The van der Waals surface area contributed by atoms with Gasteiger partial charge in [-0.2, -0.15) is 0 Å². The van der Waals surface area contributed by atoms with Crippen LogP contribution in [0.25, 0.3) is 0 Å². The Labute approximate surface area is 64.5 Å². The molecule has 0 heterocycles. The lowest BCUT2D eigenvalue weighted by Gasteiger charge is -2.28. The van der Waals surface area contributed by atoms with Crippen molar-refractivity contribution in [3.63, 3.8) is 0 Å². The zero-order valence-electron chi connectivity index (χ0n) is 6.10. The van der Waals surface area contributed by atoms with E-state index in [0.717, 1.165) is 0 Å². The molecule has 1 rings (SSSR count). The maximum absolute atomic E-state index is 10.4. The Kier molecular flexibility index (Phi) is 2.46. The van der Waals surface area contributed by atoms with Gasteiger partial charge in [-0.1, -0.05) is 0 Å². The standard InChI is InChI=1S/C7H12O4/c8-5-3-1-2-4(6(5)9)7(10)11/h4-6,8-9H,1-3H2,(H,10,11). The maximum atomic E-state index is 10.4. The van der Waals surface area contributed by atoms with Crippen molar-refractivity contribution in [1.82, 2.24) is 0 Å². The highest BCUT2D eigenvalue weighted by Crippen LogP contribution is 2.24. The molecule has 0 bridgehead atoms. The quantitative estimate of drug-likeness (QED) is 0.487. The second kappa shape index (κ2) is 3.19. The van der Waals surface area contributed by atoms with Crippen molar-refractivity contribution >= 4 is 5.97 Å². The average molecular weight is 160 g/mol. The van der Waals surface area contributed by atoms with Gasteiger partial charge in [-0.05, 0) is 19.3 Å². The number of aliphatic hydroxyl groups excluding tert-OH is 2. The Morgan fingerprint density at radius 3 is 2.36 bits per heavy atom. The molecular formula is C7H12O4. The molecule has 1 aliphatic rings. The number of carboxylic acids is 1. The van der Waals surface area contributed by atoms with Gasteiger partial charge < -0.3 is 15.3 Å². The Hall–Kier alpha value is -0.610. The Bertz CT molecular complexity index is 157. The predicted octanol–water partition coefficient (Wildman–Crippen LogP) is -0.407. The molecule has 0 aromatic rings. The van der Waals surface area contributed by atoms with E-state index in [1.807, 2.05) is 0 Å². The minimum atomic E-state index is -1.08. The molecule has 3 unspecified atom stereocenters. The molecule has 4 heteroatoms. The van der Waals surface area contributed by atoms with E-state index in [1.165, 1.54) is 0 Å². The van der Waals surface area contributed by atoms with Crippen molar-refractivity contribution < 1.29 is 20.1 Å². The molecule has 1 fully saturated rings. The van der Waals surface area contributed by atoms with E-state index in [2.05, 4.69) is 0 Å². The minimum absolute atomic E-state index is 0.466. The Morgan fingerprint density at radius 1 is 1.27 bits per heavy atom. The molecule has 3 N–H and O–H groups in total. The summed E-state index contributed by atoms with van der Waals surface area (Å²) in [7, 11) is 0. The number of hydrogen-bond donors (Lipinski definition) is 3. The lowest BCUT2D eigenvalue weighted by Crippen LogP contribution is -2.41. The van der Waals surface area contributed by atoms with Gasteiger partial charge in [0.1, 0.15) is 0 Å². The second-order valence-corrected chi connectivity index (χ2v) is 2.93. The molecule has 11 heavy (non-hydrogen) atoms. The van der Waals surface area contributed by atoms with E-state index >= 15 is 0 Å². The molecule has 1 aliphatic carbocycles. The van der Waals surface area contributed by atoms with E-state index in [0.29, 0.717) is 19.3 Å². The van der Waals surface area contributed by atoms with Crippen LogP contribution in [0.3, 0.4) is 0 Å². The molecule has 4 nitrogen and oxygen atoms in total. The second-order valence-electron chi connectivity index (χ2n) is 2.93. The molecule has 64 valence electrons. The lowest BCUT2D eigenvalue weighted by atomic mass is 9.85. The predicted molar refractivity (Wildman–Crippen MR) is 37.0 cm³/mol. The summed E-state index contributed by atoms with van der Waals surface area (Å²) in [6, 6.07) is 0. The van der Waals surface area contributed by atoms with E-state index in [9.17, 15) is 9.90 Å². The lowest BCUT2D eigenvalue weighted by molar-refractivity contribution is -0.152. The molecule has 3 atom stereocenters. The van der Waals surface area contributed by atoms with Crippen LogP contribution in [0.5, 0.6) is 0 Å². The topological polar surface area (TPSA) is 77.8 Å². The van der Waals surface area contributed by atoms with Gasteiger partial charge in [0.25, 0.3) is 0 Å². The number of aliphatic hydroxyl groups is 2. The van der Waals surface area contributed by atoms with Crippen LogP contribution in [0, 0.1) is 5.92 Å². The molecular weight excluding hydrogens is 148 g/mol. The highest BCUT2D eigenvalue weighted by molar-refractivity contribution is 5.70. The fraction of sp³-hybridized carbons (Fsp3) is 0.857. The van der Waals surface area contributed by atoms with Crippen molar-refractivity contribution in [2.75, 3.05) is 0 Å². The molecule has 0 spiro atoms. The third kappa shape index (κ3) is 1.70. The molecule has 0 radical (unpaired) electrons. The zero-order valence-corrected chi connectivity index (χ0v) is 6.10. The summed E-state index contributed by atoms with van der Waals surface area (Å²) in [5.74, 6) is -1.80. The van der Waals surface area contributed by atoms with Gasteiger partial charge >= 0.3 is 5.97 Å². The summed E-state index contributed by atoms with van der Waals surface area (Å²) < 4.78 is 0. The van der Waals surface area contributed by atoms with E-state index in [4.69, 9.17) is 10.2 Å². The minimum Gasteiger partial charge on any atom is -0.481 e. The molecule has 0 aromatic carbocycles. The van der Waals surface area contributed by atoms with Crippen molar-refractivity contribution in [2.45, 2.75) is 31.5 Å². The van der Waals surface area contributed by atoms with Crippen molar-refractivity contribution in [3.05, 3.63) is 0 Å². The first kappa shape index (κ1) is 8.49.